The van der Waals surface area contributed by atoms with Crippen molar-refractivity contribution < 1.29 is 14.4 Å². The van der Waals surface area contributed by atoms with Crippen molar-refractivity contribution in [1.29, 1.82) is 0 Å². The number of amides is 3. The highest BCUT2D eigenvalue weighted by Crippen LogP contribution is 2.38. The van der Waals surface area contributed by atoms with Gasteiger partial charge in [0.1, 0.15) is 0 Å². The molecule has 5 nitrogen and oxygen atoms in total. The van der Waals surface area contributed by atoms with Gasteiger partial charge in [0, 0.05) is 25.4 Å². The van der Waals surface area contributed by atoms with E-state index in [0.717, 1.165) is 32.1 Å². The fraction of sp³-hybridized carbons (Fsp3) is 0.423. The summed E-state index contributed by atoms with van der Waals surface area (Å²) in [5, 5.41) is 2.98. The predicted molar refractivity (Wildman–Crippen MR) is 119 cm³/mol. The summed E-state index contributed by atoms with van der Waals surface area (Å²) < 4.78 is 0. The third kappa shape index (κ3) is 4.87. The molecule has 2 aromatic carbocycles. The minimum absolute atomic E-state index is 0.0734. The van der Waals surface area contributed by atoms with Crippen LogP contribution in [0.15, 0.2) is 60.7 Å². The van der Waals surface area contributed by atoms with Crippen LogP contribution in [0, 0.1) is 11.8 Å². The molecule has 4 rings (SSSR count). The molecule has 2 aliphatic rings. The second-order valence-electron chi connectivity index (χ2n) is 8.59. The zero-order chi connectivity index (χ0) is 21.6. The van der Waals surface area contributed by atoms with Crippen molar-refractivity contribution in [3.63, 3.8) is 0 Å². The fourth-order valence-corrected chi connectivity index (χ4v) is 5.01. The van der Waals surface area contributed by atoms with Gasteiger partial charge in [-0.15, -0.1) is 0 Å². The van der Waals surface area contributed by atoms with E-state index in [4.69, 9.17) is 0 Å². The lowest BCUT2D eigenvalue weighted by Crippen LogP contribution is -2.35. The molecule has 0 aromatic heterocycles. The van der Waals surface area contributed by atoms with Gasteiger partial charge in [-0.25, -0.2) is 0 Å². The number of nitrogens with one attached hydrogen (secondary N) is 1. The van der Waals surface area contributed by atoms with Crippen LogP contribution in [0.2, 0.25) is 0 Å². The maximum Gasteiger partial charge on any atom is 0.233 e. The standard InChI is InChI=1S/C26H30N2O3/c29-24(16-18-28-25(30)22-13-7-8-14-23(22)26(28)31)27-17-15-21(19-9-3-1-4-10-19)20-11-5-2-6-12-20/h1-6,9-12,21-23H,7-8,13-18H2,(H,27,29). The monoisotopic (exact) mass is 418 g/mol. The number of carbonyl (C=O) groups is 3. The van der Waals surface area contributed by atoms with Gasteiger partial charge in [0.2, 0.25) is 17.7 Å². The lowest BCUT2D eigenvalue weighted by Gasteiger charge is -2.19. The average molecular weight is 419 g/mol. The maximum absolute atomic E-state index is 12.6. The number of likely N-dealkylation sites (tertiary alicyclic amines) is 1. The molecule has 5 heteroatoms. The highest BCUT2D eigenvalue weighted by Gasteiger charge is 2.47. The van der Waals surface area contributed by atoms with Gasteiger partial charge in [0.15, 0.2) is 0 Å². The van der Waals surface area contributed by atoms with Gasteiger partial charge in [-0.1, -0.05) is 73.5 Å². The van der Waals surface area contributed by atoms with Crippen LogP contribution in [0.1, 0.15) is 55.6 Å². The van der Waals surface area contributed by atoms with E-state index in [1.807, 2.05) is 36.4 Å². The molecule has 0 radical (unpaired) electrons. The van der Waals surface area contributed by atoms with Crippen LogP contribution in [0.5, 0.6) is 0 Å². The Morgan fingerprint density at radius 3 is 1.90 bits per heavy atom. The lowest BCUT2D eigenvalue weighted by atomic mass is 9.81. The van der Waals surface area contributed by atoms with Crippen molar-refractivity contribution in [2.75, 3.05) is 13.1 Å². The largest absolute Gasteiger partial charge is 0.356 e. The minimum atomic E-state index is -0.151. The number of nitrogens with zero attached hydrogens (tertiary/aromatic N) is 1. The molecule has 2 aromatic rings. The van der Waals surface area contributed by atoms with Crippen LogP contribution in [-0.4, -0.2) is 35.7 Å². The second kappa shape index (κ2) is 9.90. The van der Waals surface area contributed by atoms with Gasteiger partial charge in [-0.05, 0) is 30.4 Å². The molecule has 0 bridgehead atoms. The molecule has 2 atom stereocenters. The average Bonchev–Trinajstić information content (AvgIpc) is 3.06. The van der Waals surface area contributed by atoms with Crippen LogP contribution in [0.25, 0.3) is 0 Å². The Kier molecular flexibility index (Phi) is 6.80. The SMILES string of the molecule is O=C(CCN1C(=O)C2CCCCC2C1=O)NCCC(c1ccccc1)c1ccccc1. The van der Waals surface area contributed by atoms with E-state index in [-0.39, 0.29) is 48.4 Å². The molecule has 1 aliphatic carbocycles. The first-order valence-corrected chi connectivity index (χ1v) is 11.4. The lowest BCUT2D eigenvalue weighted by molar-refractivity contribution is -0.140. The minimum Gasteiger partial charge on any atom is -0.356 e. The van der Waals surface area contributed by atoms with Gasteiger partial charge < -0.3 is 5.32 Å². The Morgan fingerprint density at radius 1 is 0.871 bits per heavy atom. The van der Waals surface area contributed by atoms with Crippen molar-refractivity contribution in [3.05, 3.63) is 71.8 Å². The zero-order valence-electron chi connectivity index (χ0n) is 17.8. The number of fused-ring (bicyclic) bond motifs is 1. The number of carbonyl (C=O) groups excluding carboxylic acids is 3. The molecular formula is C26H30N2O3. The van der Waals surface area contributed by atoms with Crippen LogP contribution >= 0.6 is 0 Å². The van der Waals surface area contributed by atoms with E-state index in [2.05, 4.69) is 29.6 Å². The van der Waals surface area contributed by atoms with Crippen LogP contribution in [-0.2, 0) is 14.4 Å². The van der Waals surface area contributed by atoms with E-state index >= 15 is 0 Å². The van der Waals surface area contributed by atoms with Crippen molar-refractivity contribution in [2.24, 2.45) is 11.8 Å². The molecule has 31 heavy (non-hydrogen) atoms. The van der Waals surface area contributed by atoms with Crippen molar-refractivity contribution in [3.8, 4) is 0 Å². The Hall–Kier alpha value is -2.95. The number of imide groups is 1. The van der Waals surface area contributed by atoms with Crippen molar-refractivity contribution in [2.45, 2.75) is 44.4 Å². The van der Waals surface area contributed by atoms with Gasteiger partial charge in [0.25, 0.3) is 0 Å². The number of hydrogen-bond donors (Lipinski definition) is 1. The fourth-order valence-electron chi connectivity index (χ4n) is 5.01. The van der Waals surface area contributed by atoms with Gasteiger partial charge in [-0.3, -0.25) is 19.3 Å². The van der Waals surface area contributed by atoms with E-state index in [0.29, 0.717) is 6.54 Å². The Morgan fingerprint density at radius 2 is 1.39 bits per heavy atom. The van der Waals surface area contributed by atoms with Gasteiger partial charge in [-0.2, -0.15) is 0 Å². The van der Waals surface area contributed by atoms with E-state index in [1.165, 1.54) is 16.0 Å². The molecule has 162 valence electrons. The summed E-state index contributed by atoms with van der Waals surface area (Å²) in [5.41, 5.74) is 2.44. The molecule has 1 saturated carbocycles. The number of hydrogen-bond acceptors (Lipinski definition) is 3. The molecule has 1 heterocycles. The molecular weight excluding hydrogens is 388 g/mol. The smallest absolute Gasteiger partial charge is 0.233 e. The first-order valence-electron chi connectivity index (χ1n) is 11.4. The summed E-state index contributed by atoms with van der Waals surface area (Å²) in [6, 6.07) is 20.6. The highest BCUT2D eigenvalue weighted by molar-refractivity contribution is 6.05. The normalized spacial score (nSPS) is 20.7. The highest BCUT2D eigenvalue weighted by atomic mass is 16.2. The third-order valence-corrected chi connectivity index (χ3v) is 6.65. The summed E-state index contributed by atoms with van der Waals surface area (Å²) in [6.07, 6.45) is 4.58. The summed E-state index contributed by atoms with van der Waals surface area (Å²) >= 11 is 0. The van der Waals surface area contributed by atoms with Gasteiger partial charge >= 0.3 is 0 Å². The molecule has 2 unspecified atom stereocenters. The van der Waals surface area contributed by atoms with E-state index in [1.54, 1.807) is 0 Å². The van der Waals surface area contributed by atoms with Crippen LogP contribution in [0.3, 0.4) is 0 Å². The summed E-state index contributed by atoms with van der Waals surface area (Å²) in [4.78, 5) is 38.9. The Labute approximate surface area is 183 Å². The number of rotatable bonds is 8. The first kappa shape index (κ1) is 21.3. The topological polar surface area (TPSA) is 66.5 Å². The summed E-state index contributed by atoms with van der Waals surface area (Å²) in [7, 11) is 0. The quantitative estimate of drug-likeness (QED) is 0.662. The number of benzene rings is 2. The third-order valence-electron chi connectivity index (χ3n) is 6.65. The van der Waals surface area contributed by atoms with Crippen LogP contribution < -0.4 is 5.32 Å². The molecule has 1 N–H and O–H groups in total. The molecule has 0 spiro atoms. The Balaban J connectivity index is 1.29. The molecule has 3 amide bonds. The van der Waals surface area contributed by atoms with Crippen molar-refractivity contribution >= 4 is 17.7 Å². The van der Waals surface area contributed by atoms with E-state index < -0.39 is 0 Å². The zero-order valence-corrected chi connectivity index (χ0v) is 17.8. The Bertz CT molecular complexity index is 849. The summed E-state index contributed by atoms with van der Waals surface area (Å²) in [6.45, 7) is 0.734. The first-order chi connectivity index (χ1) is 15.1. The van der Waals surface area contributed by atoms with E-state index in [9.17, 15) is 14.4 Å². The maximum atomic E-state index is 12.6. The second-order valence-corrected chi connectivity index (χ2v) is 8.59. The van der Waals surface area contributed by atoms with Crippen LogP contribution in [0.4, 0.5) is 0 Å². The van der Waals surface area contributed by atoms with Crippen molar-refractivity contribution in [1.82, 2.24) is 10.2 Å². The summed E-state index contributed by atoms with van der Waals surface area (Å²) in [5.74, 6) is -0.363. The van der Waals surface area contributed by atoms with Gasteiger partial charge in [0.05, 0.1) is 11.8 Å². The predicted octanol–water partition coefficient (Wildman–Crippen LogP) is 3.89. The molecule has 1 aliphatic heterocycles. The molecule has 2 fully saturated rings. The molecule has 1 saturated heterocycles.